The summed E-state index contributed by atoms with van der Waals surface area (Å²) >= 11 is 3.43. The lowest BCUT2D eigenvalue weighted by Gasteiger charge is -2.27. The zero-order valence-corrected chi connectivity index (χ0v) is 21.9. The van der Waals surface area contributed by atoms with Gasteiger partial charge in [0.2, 0.25) is 0 Å². The molecule has 37 heavy (non-hydrogen) atoms. The highest BCUT2D eigenvalue weighted by Crippen LogP contribution is 2.31. The van der Waals surface area contributed by atoms with E-state index in [2.05, 4.69) is 26.5 Å². The Bertz CT molecular complexity index is 1300. The third-order valence-electron chi connectivity index (χ3n) is 5.67. The molecule has 4 rings (SSSR count). The number of benzene rings is 4. The Balaban J connectivity index is 1.49. The summed E-state index contributed by atoms with van der Waals surface area (Å²) in [5, 5.41) is 15.6. The quantitative estimate of drug-likeness (QED) is 0.190. The van der Waals surface area contributed by atoms with Gasteiger partial charge in [0, 0.05) is 4.47 Å². The monoisotopic (exact) mass is 558 g/mol. The van der Waals surface area contributed by atoms with Gasteiger partial charge in [-0.25, -0.2) is 5.43 Å². The van der Waals surface area contributed by atoms with Gasteiger partial charge < -0.3 is 14.6 Å². The number of ether oxygens (including phenoxy) is 2. The van der Waals surface area contributed by atoms with E-state index in [9.17, 15) is 9.90 Å². The van der Waals surface area contributed by atoms with Crippen molar-refractivity contribution in [1.82, 2.24) is 5.43 Å². The predicted molar refractivity (Wildman–Crippen MR) is 148 cm³/mol. The molecule has 6 nitrogen and oxygen atoms in total. The largest absolute Gasteiger partial charge is 0.490 e. The molecular formula is C30H27BrN2O4. The molecule has 4 aromatic carbocycles. The van der Waals surface area contributed by atoms with Crippen molar-refractivity contribution < 1.29 is 19.4 Å². The van der Waals surface area contributed by atoms with Gasteiger partial charge in [-0.2, -0.15) is 5.10 Å². The third kappa shape index (κ3) is 6.44. The maximum Gasteiger partial charge on any atom is 0.281 e. The van der Waals surface area contributed by atoms with Crippen LogP contribution in [0, 0.1) is 0 Å². The second kappa shape index (κ2) is 12.3. The van der Waals surface area contributed by atoms with Crippen molar-refractivity contribution in [2.75, 3.05) is 6.61 Å². The Hall–Kier alpha value is -3.94. The molecule has 0 aliphatic rings. The Morgan fingerprint density at radius 2 is 1.51 bits per heavy atom. The molecule has 1 amide bonds. The van der Waals surface area contributed by atoms with Gasteiger partial charge in [0.05, 0.1) is 12.8 Å². The maximum atomic E-state index is 13.2. The molecule has 4 aromatic rings. The molecule has 0 fully saturated rings. The number of aliphatic hydroxyl groups is 1. The second-order valence-corrected chi connectivity index (χ2v) is 9.11. The predicted octanol–water partition coefficient (Wildman–Crippen LogP) is 5.81. The number of hydrogen-bond donors (Lipinski definition) is 2. The zero-order valence-electron chi connectivity index (χ0n) is 20.3. The van der Waals surface area contributed by atoms with Crippen molar-refractivity contribution in [3.63, 3.8) is 0 Å². The average molecular weight is 559 g/mol. The highest BCUT2D eigenvalue weighted by Gasteiger charge is 2.39. The van der Waals surface area contributed by atoms with Gasteiger partial charge in [0.1, 0.15) is 6.61 Å². The minimum Gasteiger partial charge on any atom is -0.490 e. The van der Waals surface area contributed by atoms with Crippen molar-refractivity contribution >= 4 is 28.1 Å². The standard InChI is InChI=1S/C30H27BrN2O4/c1-2-36-28-19-23(15-18-27(28)37-21-22-13-16-26(31)17-14-22)20-32-33-29(34)30(35,24-9-5-3-6-10-24)25-11-7-4-8-12-25/h3-20,35H,2,21H2,1H3,(H,33,34)/b32-20-. The number of rotatable bonds is 10. The number of carbonyl (C=O) groups is 1. The van der Waals surface area contributed by atoms with Gasteiger partial charge in [-0.05, 0) is 59.5 Å². The summed E-state index contributed by atoms with van der Waals surface area (Å²) < 4.78 is 12.7. The molecule has 0 aliphatic carbocycles. The van der Waals surface area contributed by atoms with Gasteiger partial charge in [-0.3, -0.25) is 4.79 Å². The summed E-state index contributed by atoms with van der Waals surface area (Å²) in [7, 11) is 0. The summed E-state index contributed by atoms with van der Waals surface area (Å²) in [5.74, 6) is 0.508. The fraction of sp³-hybridized carbons (Fsp3) is 0.133. The number of hydrogen-bond acceptors (Lipinski definition) is 5. The number of amides is 1. The summed E-state index contributed by atoms with van der Waals surface area (Å²) in [6.45, 7) is 2.76. The molecule has 0 bridgehead atoms. The van der Waals surface area contributed by atoms with Gasteiger partial charge >= 0.3 is 0 Å². The Kier molecular flexibility index (Phi) is 8.72. The lowest BCUT2D eigenvalue weighted by Crippen LogP contribution is -2.43. The molecule has 0 unspecified atom stereocenters. The van der Waals surface area contributed by atoms with E-state index in [1.165, 1.54) is 6.21 Å². The highest BCUT2D eigenvalue weighted by molar-refractivity contribution is 9.10. The molecule has 188 valence electrons. The van der Waals surface area contributed by atoms with Crippen LogP contribution in [-0.2, 0) is 17.0 Å². The lowest BCUT2D eigenvalue weighted by molar-refractivity contribution is -0.136. The first-order valence-electron chi connectivity index (χ1n) is 11.8. The van der Waals surface area contributed by atoms with Crippen LogP contribution in [0.5, 0.6) is 11.5 Å². The average Bonchev–Trinajstić information content (AvgIpc) is 2.94. The van der Waals surface area contributed by atoms with E-state index in [0.29, 0.717) is 41.4 Å². The van der Waals surface area contributed by atoms with E-state index in [0.717, 1.165) is 10.0 Å². The molecule has 0 heterocycles. The van der Waals surface area contributed by atoms with Crippen molar-refractivity contribution in [3.8, 4) is 11.5 Å². The molecule has 0 saturated heterocycles. The van der Waals surface area contributed by atoms with Crippen LogP contribution in [0.2, 0.25) is 0 Å². The number of carbonyl (C=O) groups excluding carboxylic acids is 1. The van der Waals surface area contributed by atoms with Gasteiger partial charge in [-0.1, -0.05) is 88.7 Å². The number of halogens is 1. The molecule has 0 radical (unpaired) electrons. The number of nitrogens with one attached hydrogen (secondary N) is 1. The molecular weight excluding hydrogens is 532 g/mol. The molecule has 2 N–H and O–H groups in total. The van der Waals surface area contributed by atoms with Crippen molar-refractivity contribution in [1.29, 1.82) is 0 Å². The van der Waals surface area contributed by atoms with Crippen LogP contribution in [0.25, 0.3) is 0 Å². The van der Waals surface area contributed by atoms with Crippen LogP contribution >= 0.6 is 15.9 Å². The van der Waals surface area contributed by atoms with E-state index in [1.807, 2.05) is 49.4 Å². The van der Waals surface area contributed by atoms with Crippen LogP contribution < -0.4 is 14.9 Å². The second-order valence-electron chi connectivity index (χ2n) is 8.20. The van der Waals surface area contributed by atoms with Gasteiger partial charge in [0.15, 0.2) is 17.1 Å². The van der Waals surface area contributed by atoms with Gasteiger partial charge in [-0.15, -0.1) is 0 Å². The molecule has 0 saturated carbocycles. The molecule has 0 aliphatic heterocycles. The van der Waals surface area contributed by atoms with Crippen molar-refractivity contribution in [2.24, 2.45) is 5.10 Å². The summed E-state index contributed by atoms with van der Waals surface area (Å²) in [4.78, 5) is 13.2. The fourth-order valence-corrected chi connectivity index (χ4v) is 4.03. The summed E-state index contributed by atoms with van der Waals surface area (Å²) in [5.41, 5.74) is 3.21. The SMILES string of the molecule is CCOc1cc(/C=N\NC(=O)C(O)(c2ccccc2)c2ccccc2)ccc1OCc1ccc(Br)cc1. The Morgan fingerprint density at radius 3 is 2.11 bits per heavy atom. The van der Waals surface area contributed by atoms with E-state index in [4.69, 9.17) is 9.47 Å². The van der Waals surface area contributed by atoms with Crippen LogP contribution in [0.4, 0.5) is 0 Å². The zero-order chi connectivity index (χ0) is 26.1. The molecule has 0 spiro atoms. The highest BCUT2D eigenvalue weighted by atomic mass is 79.9. The maximum absolute atomic E-state index is 13.2. The van der Waals surface area contributed by atoms with E-state index < -0.39 is 11.5 Å². The van der Waals surface area contributed by atoms with Crippen LogP contribution in [0.1, 0.15) is 29.2 Å². The molecule has 0 aromatic heterocycles. The first-order chi connectivity index (χ1) is 18.0. The van der Waals surface area contributed by atoms with Crippen LogP contribution in [0.3, 0.4) is 0 Å². The van der Waals surface area contributed by atoms with E-state index in [-0.39, 0.29) is 0 Å². The van der Waals surface area contributed by atoms with Gasteiger partial charge in [0.25, 0.3) is 5.91 Å². The smallest absolute Gasteiger partial charge is 0.281 e. The van der Waals surface area contributed by atoms with Crippen molar-refractivity contribution in [3.05, 3.63) is 130 Å². The van der Waals surface area contributed by atoms with E-state index in [1.54, 1.807) is 60.7 Å². The van der Waals surface area contributed by atoms with Crippen molar-refractivity contribution in [2.45, 2.75) is 19.1 Å². The molecule has 0 atom stereocenters. The first-order valence-corrected chi connectivity index (χ1v) is 12.6. The first kappa shape index (κ1) is 26.1. The Morgan fingerprint density at radius 1 is 0.892 bits per heavy atom. The van der Waals surface area contributed by atoms with Crippen LogP contribution in [-0.4, -0.2) is 23.8 Å². The summed E-state index contributed by atoms with van der Waals surface area (Å²) in [6, 6.07) is 30.9. The normalized spacial score (nSPS) is 11.3. The molecule has 7 heteroatoms. The van der Waals surface area contributed by atoms with E-state index >= 15 is 0 Å². The fourth-order valence-electron chi connectivity index (χ4n) is 3.77. The van der Waals surface area contributed by atoms with Crippen LogP contribution in [0.15, 0.2) is 113 Å². The topological polar surface area (TPSA) is 80.2 Å². The third-order valence-corrected chi connectivity index (χ3v) is 6.20. The minimum atomic E-state index is -1.90. The minimum absolute atomic E-state index is 0.397. The Labute approximate surface area is 224 Å². The summed E-state index contributed by atoms with van der Waals surface area (Å²) in [6.07, 6.45) is 1.50. The number of nitrogens with zero attached hydrogens (tertiary/aromatic N) is 1. The number of hydrazone groups is 1. The lowest BCUT2D eigenvalue weighted by atomic mass is 9.85.